The summed E-state index contributed by atoms with van der Waals surface area (Å²) in [6, 6.07) is 6.95. The maximum Gasteiger partial charge on any atom is 0.229 e. The Balaban J connectivity index is 1.81. The highest BCUT2D eigenvalue weighted by Gasteiger charge is 2.45. The molecule has 3 aromatic rings. The molecule has 194 valence electrons. The van der Waals surface area contributed by atoms with Crippen molar-refractivity contribution < 1.29 is 53.6 Å². The molecule has 12 heteroatoms. The molecule has 1 fully saturated rings. The lowest BCUT2D eigenvalue weighted by atomic mass is 9.99. The lowest BCUT2D eigenvalue weighted by molar-refractivity contribution is -0.277. The molecule has 0 amide bonds. The van der Waals surface area contributed by atoms with Crippen molar-refractivity contribution in [2.24, 2.45) is 0 Å². The lowest BCUT2D eigenvalue weighted by Gasteiger charge is -2.39. The second-order valence-corrected chi connectivity index (χ2v) is 8.02. The Morgan fingerprint density at radius 3 is 2.11 bits per heavy atom. The number of rotatable bonds is 7. The quantitative estimate of drug-likeness (QED) is 0.298. The number of benzene rings is 2. The fraction of sp³-hybridized carbons (Fsp3) is 0.375. The fourth-order valence-electron chi connectivity index (χ4n) is 3.91. The van der Waals surface area contributed by atoms with Crippen LogP contribution in [-0.2, 0) is 4.74 Å². The monoisotopic (exact) mass is 506 g/mol. The molecular formula is C24H26O12. The van der Waals surface area contributed by atoms with Crippen LogP contribution < -0.4 is 24.4 Å². The zero-order valence-corrected chi connectivity index (χ0v) is 19.6. The van der Waals surface area contributed by atoms with Crippen LogP contribution in [0.5, 0.6) is 28.7 Å². The summed E-state index contributed by atoms with van der Waals surface area (Å²) in [6.07, 6.45) is -7.65. The molecular weight excluding hydrogens is 480 g/mol. The highest BCUT2D eigenvalue weighted by molar-refractivity contribution is 5.86. The third kappa shape index (κ3) is 4.52. The lowest BCUT2D eigenvalue weighted by Crippen LogP contribution is -2.60. The van der Waals surface area contributed by atoms with E-state index in [1.165, 1.54) is 51.7 Å². The maximum absolute atomic E-state index is 13.2. The molecule has 0 unspecified atom stereocenters. The van der Waals surface area contributed by atoms with Crippen molar-refractivity contribution >= 4 is 11.0 Å². The van der Waals surface area contributed by atoms with Gasteiger partial charge in [0.2, 0.25) is 12.0 Å². The van der Waals surface area contributed by atoms with Gasteiger partial charge in [-0.15, -0.1) is 0 Å². The Hall–Kier alpha value is -3.55. The van der Waals surface area contributed by atoms with Crippen molar-refractivity contribution in [1.82, 2.24) is 0 Å². The highest BCUT2D eigenvalue weighted by atomic mass is 16.7. The summed E-state index contributed by atoms with van der Waals surface area (Å²) in [5, 5.41) is 50.0. The van der Waals surface area contributed by atoms with Crippen molar-refractivity contribution in [2.75, 3.05) is 27.9 Å². The Kier molecular flexibility index (Phi) is 7.24. The Morgan fingerprint density at radius 1 is 0.861 bits per heavy atom. The van der Waals surface area contributed by atoms with Crippen LogP contribution in [0.2, 0.25) is 0 Å². The topological polar surface area (TPSA) is 178 Å². The summed E-state index contributed by atoms with van der Waals surface area (Å²) in [6.45, 7) is -0.644. The number of phenolic OH excluding ortho intramolecular Hbond substituents is 1. The van der Waals surface area contributed by atoms with Gasteiger partial charge in [0, 0.05) is 23.8 Å². The van der Waals surface area contributed by atoms with E-state index in [1.807, 2.05) is 0 Å². The molecule has 0 aliphatic carbocycles. The molecule has 5 atom stereocenters. The summed E-state index contributed by atoms with van der Waals surface area (Å²) < 4.78 is 32.7. The zero-order chi connectivity index (χ0) is 26.1. The molecule has 0 spiro atoms. The molecule has 0 saturated carbocycles. The number of aliphatic hydroxyl groups excluding tert-OH is 4. The van der Waals surface area contributed by atoms with Gasteiger partial charge in [0.05, 0.1) is 27.9 Å². The standard InChI is InChI=1S/C24H26O12/c1-31-11-6-14-19(15(7-11)35-24-23(30)22(29)21(28)18(9-25)36-24)12(26)8-13(34-14)10-4-16(32-2)20(27)17(5-10)33-3/h4-8,18,21-25,27-30H,9H2,1-3H3/t18-,21-,22+,23-,24-/m1/s1. The SMILES string of the molecule is COc1cc(O[C@@H]2O[C@H](CO)[C@@H](O)[C@H](O)[C@H]2O)c2c(=O)cc(-c3cc(OC)c(O)c(OC)c3)oc2c1. The molecule has 1 saturated heterocycles. The number of phenols is 1. The predicted molar refractivity (Wildman–Crippen MR) is 124 cm³/mol. The molecule has 2 heterocycles. The van der Waals surface area contributed by atoms with Crippen molar-refractivity contribution in [3.8, 4) is 40.1 Å². The first-order valence-electron chi connectivity index (χ1n) is 10.8. The van der Waals surface area contributed by atoms with Crippen LogP contribution in [0, 0.1) is 0 Å². The van der Waals surface area contributed by atoms with Crippen LogP contribution in [0.25, 0.3) is 22.3 Å². The number of aromatic hydroxyl groups is 1. The van der Waals surface area contributed by atoms with E-state index in [-0.39, 0.29) is 45.5 Å². The largest absolute Gasteiger partial charge is 0.502 e. The first-order chi connectivity index (χ1) is 17.2. The van der Waals surface area contributed by atoms with Gasteiger partial charge in [-0.05, 0) is 12.1 Å². The number of hydrogen-bond donors (Lipinski definition) is 5. The molecule has 1 aromatic heterocycles. The Morgan fingerprint density at radius 2 is 1.53 bits per heavy atom. The number of hydrogen-bond acceptors (Lipinski definition) is 12. The van der Waals surface area contributed by atoms with Crippen molar-refractivity contribution in [3.05, 3.63) is 40.6 Å². The van der Waals surface area contributed by atoms with Crippen LogP contribution in [0.3, 0.4) is 0 Å². The third-order valence-corrected chi connectivity index (χ3v) is 5.86. The van der Waals surface area contributed by atoms with Crippen molar-refractivity contribution in [2.45, 2.75) is 30.7 Å². The minimum Gasteiger partial charge on any atom is -0.502 e. The zero-order valence-electron chi connectivity index (χ0n) is 19.6. The van der Waals surface area contributed by atoms with Gasteiger partial charge in [-0.1, -0.05) is 0 Å². The molecule has 5 N–H and O–H groups in total. The van der Waals surface area contributed by atoms with Gasteiger partial charge in [0.1, 0.15) is 52.6 Å². The first-order valence-corrected chi connectivity index (χ1v) is 10.8. The smallest absolute Gasteiger partial charge is 0.229 e. The fourth-order valence-corrected chi connectivity index (χ4v) is 3.91. The summed E-state index contributed by atoms with van der Waals surface area (Å²) in [5.41, 5.74) is -0.0957. The summed E-state index contributed by atoms with van der Waals surface area (Å²) in [4.78, 5) is 13.2. The first kappa shape index (κ1) is 25.5. The van der Waals surface area contributed by atoms with Gasteiger partial charge in [-0.25, -0.2) is 0 Å². The number of ether oxygens (including phenoxy) is 5. The van der Waals surface area contributed by atoms with E-state index in [0.717, 1.165) is 0 Å². The van der Waals surface area contributed by atoms with E-state index >= 15 is 0 Å². The number of aliphatic hydroxyl groups is 4. The average Bonchev–Trinajstić information content (AvgIpc) is 2.88. The molecule has 36 heavy (non-hydrogen) atoms. The Bertz CT molecular complexity index is 1280. The van der Waals surface area contributed by atoms with E-state index in [0.29, 0.717) is 5.56 Å². The van der Waals surface area contributed by atoms with E-state index in [2.05, 4.69) is 0 Å². The maximum atomic E-state index is 13.2. The Labute approximate surface area is 204 Å². The van der Waals surface area contributed by atoms with Crippen LogP contribution in [0.1, 0.15) is 0 Å². The van der Waals surface area contributed by atoms with E-state index in [4.69, 9.17) is 28.1 Å². The van der Waals surface area contributed by atoms with Crippen LogP contribution >= 0.6 is 0 Å². The second-order valence-electron chi connectivity index (χ2n) is 8.02. The van der Waals surface area contributed by atoms with Gasteiger partial charge in [0.25, 0.3) is 0 Å². The summed E-state index contributed by atoms with van der Waals surface area (Å²) in [5.74, 6) is 0.256. The summed E-state index contributed by atoms with van der Waals surface area (Å²) >= 11 is 0. The van der Waals surface area contributed by atoms with Gasteiger partial charge in [-0.3, -0.25) is 4.79 Å². The predicted octanol–water partition coefficient (Wildman–Crippen LogP) is 0.370. The summed E-state index contributed by atoms with van der Waals surface area (Å²) in [7, 11) is 4.11. The minimum absolute atomic E-state index is 0.0192. The molecule has 4 rings (SSSR count). The van der Waals surface area contributed by atoms with Gasteiger partial charge in [0.15, 0.2) is 16.9 Å². The molecule has 1 aliphatic rings. The van der Waals surface area contributed by atoms with E-state index in [1.54, 1.807) is 0 Å². The number of methoxy groups -OCH3 is 3. The third-order valence-electron chi connectivity index (χ3n) is 5.86. The molecule has 2 aromatic carbocycles. The van der Waals surface area contributed by atoms with Gasteiger partial charge >= 0.3 is 0 Å². The molecule has 12 nitrogen and oxygen atoms in total. The van der Waals surface area contributed by atoms with Crippen LogP contribution in [-0.4, -0.2) is 84.2 Å². The molecule has 0 radical (unpaired) electrons. The van der Waals surface area contributed by atoms with Crippen LogP contribution in [0.15, 0.2) is 39.5 Å². The second kappa shape index (κ2) is 10.2. The van der Waals surface area contributed by atoms with Crippen molar-refractivity contribution in [1.29, 1.82) is 0 Å². The van der Waals surface area contributed by atoms with E-state index in [9.17, 15) is 30.3 Å². The van der Waals surface area contributed by atoms with Gasteiger partial charge in [-0.2, -0.15) is 0 Å². The highest BCUT2D eigenvalue weighted by Crippen LogP contribution is 2.41. The van der Waals surface area contributed by atoms with Gasteiger partial charge < -0.3 is 53.6 Å². The normalized spacial score (nSPS) is 23.9. The minimum atomic E-state index is -1.69. The number of fused-ring (bicyclic) bond motifs is 1. The molecule has 1 aliphatic heterocycles. The van der Waals surface area contributed by atoms with Crippen molar-refractivity contribution in [3.63, 3.8) is 0 Å². The van der Waals surface area contributed by atoms with E-state index < -0.39 is 42.7 Å². The average molecular weight is 506 g/mol. The molecule has 0 bridgehead atoms. The van der Waals surface area contributed by atoms with Crippen LogP contribution in [0.4, 0.5) is 0 Å².